The van der Waals surface area contributed by atoms with Gasteiger partial charge in [0.05, 0.1) is 17.8 Å². The molecule has 26 heavy (non-hydrogen) atoms. The molecule has 0 atom stereocenters. The molecular formula is C20H22ClN3O2. The summed E-state index contributed by atoms with van der Waals surface area (Å²) >= 11 is 6.05. The van der Waals surface area contributed by atoms with E-state index < -0.39 is 0 Å². The Labute approximate surface area is 158 Å². The van der Waals surface area contributed by atoms with Crippen molar-refractivity contribution in [3.8, 4) is 0 Å². The summed E-state index contributed by atoms with van der Waals surface area (Å²) in [6.07, 6.45) is 1.77. The Morgan fingerprint density at radius 3 is 2.54 bits per heavy atom. The number of anilines is 3. The fraction of sp³-hybridized carbons (Fsp3) is 0.300. The highest BCUT2D eigenvalue weighted by atomic mass is 35.5. The lowest BCUT2D eigenvalue weighted by atomic mass is 10.1. The fourth-order valence-electron chi connectivity index (χ4n) is 3.09. The number of hydrogen-bond donors (Lipinski definition) is 1. The van der Waals surface area contributed by atoms with E-state index in [4.69, 9.17) is 11.6 Å². The molecule has 0 aromatic heterocycles. The predicted octanol–water partition coefficient (Wildman–Crippen LogP) is 3.71. The van der Waals surface area contributed by atoms with Crippen molar-refractivity contribution in [1.82, 2.24) is 0 Å². The van der Waals surface area contributed by atoms with Gasteiger partial charge in [-0.25, -0.2) is 0 Å². The van der Waals surface area contributed by atoms with E-state index in [0.717, 1.165) is 29.9 Å². The molecular weight excluding hydrogens is 350 g/mol. The number of nitrogens with zero attached hydrogens (tertiary/aromatic N) is 2. The number of benzene rings is 2. The summed E-state index contributed by atoms with van der Waals surface area (Å²) in [7, 11) is 3.83. The maximum Gasteiger partial charge on any atom is 0.228 e. The lowest BCUT2D eigenvalue weighted by Gasteiger charge is -2.18. The molecule has 2 aromatic carbocycles. The largest absolute Gasteiger partial charge is 0.376 e. The van der Waals surface area contributed by atoms with Crippen LogP contribution < -0.4 is 15.1 Å². The molecule has 5 nitrogen and oxygen atoms in total. The van der Waals surface area contributed by atoms with Crippen LogP contribution in [0.3, 0.4) is 0 Å². The molecule has 0 saturated carbocycles. The van der Waals surface area contributed by atoms with Crippen LogP contribution in [0, 0.1) is 0 Å². The van der Waals surface area contributed by atoms with Crippen molar-refractivity contribution in [3.63, 3.8) is 0 Å². The average Bonchev–Trinajstić information content (AvgIpc) is 3.01. The highest BCUT2D eigenvalue weighted by Gasteiger charge is 2.21. The molecule has 1 aliphatic heterocycles. The van der Waals surface area contributed by atoms with Gasteiger partial charge in [0.2, 0.25) is 11.8 Å². The first-order valence-electron chi connectivity index (χ1n) is 8.60. The third-order valence-electron chi connectivity index (χ3n) is 4.40. The molecule has 6 heteroatoms. The molecule has 1 heterocycles. The van der Waals surface area contributed by atoms with Gasteiger partial charge in [0.15, 0.2) is 0 Å². The van der Waals surface area contributed by atoms with Crippen LogP contribution in [0.4, 0.5) is 17.1 Å². The Morgan fingerprint density at radius 2 is 1.92 bits per heavy atom. The summed E-state index contributed by atoms with van der Waals surface area (Å²) in [4.78, 5) is 27.9. The van der Waals surface area contributed by atoms with Crippen molar-refractivity contribution in [2.75, 3.05) is 35.8 Å². The van der Waals surface area contributed by atoms with Crippen LogP contribution in [0.5, 0.6) is 0 Å². The van der Waals surface area contributed by atoms with Gasteiger partial charge in [-0.3, -0.25) is 9.59 Å². The van der Waals surface area contributed by atoms with Gasteiger partial charge in [0.1, 0.15) is 0 Å². The first-order chi connectivity index (χ1) is 12.4. The Morgan fingerprint density at radius 1 is 1.19 bits per heavy atom. The second-order valence-electron chi connectivity index (χ2n) is 6.60. The van der Waals surface area contributed by atoms with Crippen molar-refractivity contribution in [3.05, 3.63) is 53.1 Å². The van der Waals surface area contributed by atoms with E-state index >= 15 is 0 Å². The molecule has 0 aliphatic carbocycles. The van der Waals surface area contributed by atoms with Crippen molar-refractivity contribution < 1.29 is 9.59 Å². The van der Waals surface area contributed by atoms with E-state index in [0.29, 0.717) is 17.1 Å². The minimum atomic E-state index is -0.111. The van der Waals surface area contributed by atoms with E-state index in [1.807, 2.05) is 49.3 Å². The smallest absolute Gasteiger partial charge is 0.228 e. The molecule has 0 unspecified atom stereocenters. The molecule has 136 valence electrons. The average molecular weight is 372 g/mol. The molecule has 1 aliphatic rings. The summed E-state index contributed by atoms with van der Waals surface area (Å²) in [5, 5.41) is 3.50. The minimum Gasteiger partial charge on any atom is -0.376 e. The third kappa shape index (κ3) is 4.17. The SMILES string of the molecule is CN(C)c1ccc(Cl)cc1NC(=O)Cc1ccc(N2CCCC2=O)cc1. The van der Waals surface area contributed by atoms with E-state index in [-0.39, 0.29) is 18.2 Å². The second kappa shape index (κ2) is 7.79. The van der Waals surface area contributed by atoms with E-state index in [1.54, 1.807) is 17.0 Å². The topological polar surface area (TPSA) is 52.7 Å². The lowest BCUT2D eigenvalue weighted by Crippen LogP contribution is -2.23. The summed E-state index contributed by atoms with van der Waals surface area (Å²) in [5.74, 6) is 0.0491. The quantitative estimate of drug-likeness (QED) is 0.871. The van der Waals surface area contributed by atoms with Crippen molar-refractivity contribution in [2.45, 2.75) is 19.3 Å². The Balaban J connectivity index is 1.67. The molecule has 1 fully saturated rings. The van der Waals surface area contributed by atoms with Crippen LogP contribution in [0.25, 0.3) is 0 Å². The molecule has 2 aromatic rings. The highest BCUT2D eigenvalue weighted by Crippen LogP contribution is 2.28. The normalized spacial score (nSPS) is 13.8. The summed E-state index contributed by atoms with van der Waals surface area (Å²) in [6, 6.07) is 13.0. The lowest BCUT2D eigenvalue weighted by molar-refractivity contribution is -0.117. The van der Waals surface area contributed by atoms with Crippen LogP contribution in [0.2, 0.25) is 5.02 Å². The zero-order valence-electron chi connectivity index (χ0n) is 15.0. The minimum absolute atomic E-state index is 0.111. The van der Waals surface area contributed by atoms with Crippen LogP contribution in [0.15, 0.2) is 42.5 Å². The van der Waals surface area contributed by atoms with Gasteiger partial charge in [-0.2, -0.15) is 0 Å². The first kappa shape index (κ1) is 18.3. The maximum atomic E-state index is 12.4. The van der Waals surface area contributed by atoms with Crippen molar-refractivity contribution in [1.29, 1.82) is 0 Å². The van der Waals surface area contributed by atoms with Gasteiger partial charge in [-0.1, -0.05) is 23.7 Å². The van der Waals surface area contributed by atoms with Gasteiger partial charge in [-0.15, -0.1) is 0 Å². The molecule has 1 saturated heterocycles. The molecule has 0 bridgehead atoms. The summed E-state index contributed by atoms with van der Waals surface area (Å²) < 4.78 is 0. The number of rotatable bonds is 5. The van der Waals surface area contributed by atoms with Gasteiger partial charge < -0.3 is 15.1 Å². The Hall–Kier alpha value is -2.53. The summed E-state index contributed by atoms with van der Waals surface area (Å²) in [5.41, 5.74) is 3.37. The molecule has 0 spiro atoms. The first-order valence-corrected chi connectivity index (χ1v) is 8.98. The summed E-state index contributed by atoms with van der Waals surface area (Å²) in [6.45, 7) is 0.765. The monoisotopic (exact) mass is 371 g/mol. The van der Waals surface area contributed by atoms with Gasteiger partial charge in [0.25, 0.3) is 0 Å². The van der Waals surface area contributed by atoms with E-state index in [2.05, 4.69) is 5.32 Å². The highest BCUT2D eigenvalue weighted by molar-refractivity contribution is 6.31. The van der Waals surface area contributed by atoms with Gasteiger partial charge in [-0.05, 0) is 42.3 Å². The van der Waals surface area contributed by atoms with Crippen LogP contribution in [-0.4, -0.2) is 32.5 Å². The molecule has 2 amide bonds. The van der Waals surface area contributed by atoms with Gasteiger partial charge >= 0.3 is 0 Å². The van der Waals surface area contributed by atoms with Crippen molar-refractivity contribution in [2.24, 2.45) is 0 Å². The number of carbonyl (C=O) groups is 2. The van der Waals surface area contributed by atoms with Crippen molar-refractivity contribution >= 4 is 40.5 Å². The standard InChI is InChI=1S/C20H22ClN3O2/c1-23(2)18-10-7-15(21)13-17(18)22-19(25)12-14-5-8-16(9-6-14)24-11-3-4-20(24)26/h5-10,13H,3-4,11-12H2,1-2H3,(H,22,25). The van der Waals surface area contributed by atoms with E-state index in [9.17, 15) is 9.59 Å². The van der Waals surface area contributed by atoms with Crippen LogP contribution >= 0.6 is 11.6 Å². The predicted molar refractivity (Wildman–Crippen MR) is 106 cm³/mol. The number of halogens is 1. The zero-order chi connectivity index (χ0) is 18.7. The second-order valence-corrected chi connectivity index (χ2v) is 7.03. The fourth-order valence-corrected chi connectivity index (χ4v) is 3.27. The number of carbonyl (C=O) groups excluding carboxylic acids is 2. The number of nitrogens with one attached hydrogen (secondary N) is 1. The van der Waals surface area contributed by atoms with E-state index in [1.165, 1.54) is 0 Å². The van der Waals surface area contributed by atoms with Crippen LogP contribution in [0.1, 0.15) is 18.4 Å². The Bertz CT molecular complexity index is 818. The maximum absolute atomic E-state index is 12.4. The Kier molecular flexibility index (Phi) is 5.47. The molecule has 1 N–H and O–H groups in total. The zero-order valence-corrected chi connectivity index (χ0v) is 15.7. The van der Waals surface area contributed by atoms with Crippen LogP contribution in [-0.2, 0) is 16.0 Å². The molecule has 3 rings (SSSR count). The third-order valence-corrected chi connectivity index (χ3v) is 4.64. The number of amides is 2. The van der Waals surface area contributed by atoms with Gasteiger partial charge in [0, 0.05) is 37.8 Å². The number of hydrogen-bond acceptors (Lipinski definition) is 3. The molecule has 0 radical (unpaired) electrons.